The van der Waals surface area contributed by atoms with E-state index in [0.29, 0.717) is 5.92 Å². The summed E-state index contributed by atoms with van der Waals surface area (Å²) in [6.45, 7) is 10.8. The number of aryl methyl sites for hydroxylation is 2. The van der Waals surface area contributed by atoms with Crippen molar-refractivity contribution in [3.05, 3.63) is 41.8 Å². The van der Waals surface area contributed by atoms with Crippen molar-refractivity contribution in [2.24, 2.45) is 0 Å². The topological polar surface area (TPSA) is 0 Å². The van der Waals surface area contributed by atoms with E-state index in [1.807, 2.05) is 0 Å². The van der Waals surface area contributed by atoms with Crippen molar-refractivity contribution in [2.45, 2.75) is 65.2 Å². The molecule has 0 aliphatic carbocycles. The zero-order chi connectivity index (χ0) is 12.7. The summed E-state index contributed by atoms with van der Waals surface area (Å²) in [6.07, 6.45) is 7.57. The van der Waals surface area contributed by atoms with Crippen LogP contribution >= 0.6 is 0 Å². The van der Waals surface area contributed by atoms with Gasteiger partial charge in [-0.1, -0.05) is 51.8 Å². The van der Waals surface area contributed by atoms with Gasteiger partial charge in [0.05, 0.1) is 0 Å². The lowest BCUT2D eigenvalue weighted by Crippen LogP contribution is -1.96. The smallest absolute Gasteiger partial charge is 0.0190 e. The molecule has 95 valence electrons. The highest BCUT2D eigenvalue weighted by Gasteiger charge is 2.04. The van der Waals surface area contributed by atoms with Gasteiger partial charge in [0.25, 0.3) is 0 Å². The minimum Gasteiger partial charge on any atom is -0.0654 e. The Morgan fingerprint density at radius 1 is 0.941 bits per heavy atom. The second kappa shape index (κ2) is 7.53. The monoisotopic (exact) mass is 231 g/mol. The second-order valence-electron chi connectivity index (χ2n) is 5.19. The number of rotatable bonds is 7. The molecule has 0 aromatic heterocycles. The van der Waals surface area contributed by atoms with Crippen LogP contribution in [0.1, 0.15) is 69.1 Å². The van der Waals surface area contributed by atoms with Gasteiger partial charge in [-0.25, -0.2) is 0 Å². The molecule has 1 rings (SSSR count). The van der Waals surface area contributed by atoms with Crippen LogP contribution in [0, 0.1) is 6.92 Å². The minimum atomic E-state index is 0.400. The standard InChI is InChI=1S/C17H27/c1-5-7-9-15-11-16(10-8-6-2)13-17(12-15)14(3)4/h11-14H,3,5-10H2,1-2,4H3. The first kappa shape index (κ1) is 14.3. The molecule has 0 heteroatoms. The van der Waals surface area contributed by atoms with E-state index in [1.165, 1.54) is 55.2 Å². The summed E-state index contributed by atoms with van der Waals surface area (Å²) in [5, 5.41) is 0. The first-order valence-electron chi connectivity index (χ1n) is 7.13. The van der Waals surface area contributed by atoms with Gasteiger partial charge in [-0.2, -0.15) is 0 Å². The van der Waals surface area contributed by atoms with Crippen molar-refractivity contribution in [3.63, 3.8) is 0 Å². The molecule has 0 fully saturated rings. The molecule has 0 aliphatic heterocycles. The van der Waals surface area contributed by atoms with Crippen LogP contribution in [-0.2, 0) is 12.8 Å². The summed E-state index contributed by atoms with van der Waals surface area (Å²) in [4.78, 5) is 0. The first-order valence-corrected chi connectivity index (χ1v) is 7.13. The van der Waals surface area contributed by atoms with E-state index < -0.39 is 0 Å². The van der Waals surface area contributed by atoms with Gasteiger partial charge in [0.15, 0.2) is 0 Å². The van der Waals surface area contributed by atoms with Crippen LogP contribution in [0.4, 0.5) is 0 Å². The molecule has 1 atom stereocenters. The highest BCUT2D eigenvalue weighted by molar-refractivity contribution is 5.33. The zero-order valence-corrected chi connectivity index (χ0v) is 11.8. The molecule has 0 saturated carbocycles. The van der Waals surface area contributed by atoms with Gasteiger partial charge in [0.2, 0.25) is 0 Å². The summed E-state index contributed by atoms with van der Waals surface area (Å²) in [6, 6.07) is 7.10. The molecule has 0 amide bonds. The molecule has 0 spiro atoms. The normalized spacial score (nSPS) is 11.1. The molecule has 0 N–H and O–H groups in total. The van der Waals surface area contributed by atoms with Crippen LogP contribution in [0.25, 0.3) is 0 Å². The van der Waals surface area contributed by atoms with E-state index in [2.05, 4.69) is 45.9 Å². The fraction of sp³-hybridized carbons (Fsp3) is 0.588. The van der Waals surface area contributed by atoms with Crippen LogP contribution in [0.5, 0.6) is 0 Å². The van der Waals surface area contributed by atoms with E-state index in [-0.39, 0.29) is 0 Å². The van der Waals surface area contributed by atoms with Gasteiger partial charge in [-0.15, -0.1) is 0 Å². The maximum Gasteiger partial charge on any atom is -0.0190 e. The molecule has 1 radical (unpaired) electrons. The van der Waals surface area contributed by atoms with Crippen molar-refractivity contribution < 1.29 is 0 Å². The van der Waals surface area contributed by atoms with E-state index in [4.69, 9.17) is 0 Å². The summed E-state index contributed by atoms with van der Waals surface area (Å²) in [5.74, 6) is 0.400. The predicted octanol–water partition coefficient (Wildman–Crippen LogP) is 5.31. The van der Waals surface area contributed by atoms with Gasteiger partial charge in [0.1, 0.15) is 0 Å². The lowest BCUT2D eigenvalue weighted by molar-refractivity contribution is 0.776. The molecule has 1 aromatic rings. The Kier molecular flexibility index (Phi) is 6.32. The van der Waals surface area contributed by atoms with Crippen molar-refractivity contribution in [1.29, 1.82) is 0 Å². The number of unbranched alkanes of at least 4 members (excludes halogenated alkanes) is 2. The molecule has 0 bridgehead atoms. The Labute approximate surface area is 107 Å². The van der Waals surface area contributed by atoms with E-state index in [1.54, 1.807) is 0 Å². The minimum absolute atomic E-state index is 0.400. The third kappa shape index (κ3) is 4.93. The largest absolute Gasteiger partial charge is 0.0654 e. The van der Waals surface area contributed by atoms with Crippen molar-refractivity contribution in [2.75, 3.05) is 0 Å². The highest BCUT2D eigenvalue weighted by Crippen LogP contribution is 2.20. The summed E-state index contributed by atoms with van der Waals surface area (Å²) >= 11 is 0. The summed E-state index contributed by atoms with van der Waals surface area (Å²) < 4.78 is 0. The van der Waals surface area contributed by atoms with Gasteiger partial charge >= 0.3 is 0 Å². The average Bonchev–Trinajstić information content (AvgIpc) is 2.33. The first-order chi connectivity index (χ1) is 8.17. The molecular formula is C17H27. The quantitative estimate of drug-likeness (QED) is 0.596. The van der Waals surface area contributed by atoms with Gasteiger partial charge in [-0.3, -0.25) is 0 Å². The van der Waals surface area contributed by atoms with E-state index >= 15 is 0 Å². The Balaban J connectivity index is 2.84. The Bertz CT molecular complexity index is 297. The number of hydrogen-bond acceptors (Lipinski definition) is 0. The molecule has 0 aliphatic rings. The molecule has 0 nitrogen and oxygen atoms in total. The predicted molar refractivity (Wildman–Crippen MR) is 77.4 cm³/mol. The molecule has 1 aromatic carbocycles. The summed E-state index contributed by atoms with van der Waals surface area (Å²) in [7, 11) is 0. The van der Waals surface area contributed by atoms with Crippen molar-refractivity contribution in [3.8, 4) is 0 Å². The molecule has 1 unspecified atom stereocenters. The fourth-order valence-corrected chi connectivity index (χ4v) is 2.13. The van der Waals surface area contributed by atoms with Gasteiger partial charge in [0, 0.05) is 0 Å². The van der Waals surface area contributed by atoms with Crippen LogP contribution in [0.15, 0.2) is 18.2 Å². The molecule has 0 heterocycles. The molecule has 0 saturated heterocycles. The highest BCUT2D eigenvalue weighted by atomic mass is 14.1. The van der Waals surface area contributed by atoms with E-state index in [0.717, 1.165) is 0 Å². The maximum atomic E-state index is 4.15. The van der Waals surface area contributed by atoms with Gasteiger partial charge in [-0.05, 0) is 55.2 Å². The van der Waals surface area contributed by atoms with Crippen LogP contribution < -0.4 is 0 Å². The van der Waals surface area contributed by atoms with Crippen LogP contribution in [-0.4, -0.2) is 0 Å². The second-order valence-corrected chi connectivity index (χ2v) is 5.19. The Morgan fingerprint density at radius 3 is 1.76 bits per heavy atom. The third-order valence-corrected chi connectivity index (χ3v) is 3.28. The SMILES string of the molecule is [CH2]C(C)c1cc(CCCC)cc(CCCC)c1. The van der Waals surface area contributed by atoms with E-state index in [9.17, 15) is 0 Å². The maximum absolute atomic E-state index is 4.15. The Morgan fingerprint density at radius 2 is 1.41 bits per heavy atom. The lowest BCUT2D eigenvalue weighted by Gasteiger charge is -2.12. The van der Waals surface area contributed by atoms with Crippen LogP contribution in [0.3, 0.4) is 0 Å². The van der Waals surface area contributed by atoms with Crippen molar-refractivity contribution >= 4 is 0 Å². The summed E-state index contributed by atoms with van der Waals surface area (Å²) in [5.41, 5.74) is 4.42. The van der Waals surface area contributed by atoms with Crippen molar-refractivity contribution in [1.82, 2.24) is 0 Å². The Hall–Kier alpha value is -0.780. The lowest BCUT2D eigenvalue weighted by atomic mass is 9.94. The molecular weight excluding hydrogens is 204 g/mol. The number of benzene rings is 1. The number of hydrogen-bond donors (Lipinski definition) is 0. The average molecular weight is 231 g/mol. The zero-order valence-electron chi connectivity index (χ0n) is 11.8. The van der Waals surface area contributed by atoms with Gasteiger partial charge < -0.3 is 0 Å². The molecule has 17 heavy (non-hydrogen) atoms. The van der Waals surface area contributed by atoms with Crippen LogP contribution in [0.2, 0.25) is 0 Å². The third-order valence-electron chi connectivity index (χ3n) is 3.28. The fourth-order valence-electron chi connectivity index (χ4n) is 2.13.